The Bertz CT molecular complexity index is 258. The van der Waals surface area contributed by atoms with Crippen molar-refractivity contribution in [2.24, 2.45) is 0 Å². The van der Waals surface area contributed by atoms with Crippen molar-refractivity contribution < 1.29 is 19.1 Å². The van der Waals surface area contributed by atoms with Crippen LogP contribution in [-0.2, 0) is 19.1 Å². The van der Waals surface area contributed by atoms with Crippen molar-refractivity contribution >= 4 is 28.8 Å². The molecule has 0 aromatic rings. The molecule has 6 heteroatoms. The third kappa shape index (κ3) is 3.37. The Labute approximate surface area is 85.6 Å². The number of amides is 1. The maximum Gasteiger partial charge on any atom is 0.305 e. The van der Waals surface area contributed by atoms with Gasteiger partial charge in [0.1, 0.15) is 0 Å². The number of hydrogen-bond acceptors (Lipinski definition) is 5. The highest BCUT2D eigenvalue weighted by Crippen LogP contribution is 2.21. The van der Waals surface area contributed by atoms with Crippen LogP contribution in [0, 0.1) is 0 Å². The van der Waals surface area contributed by atoms with E-state index in [1.807, 2.05) is 0 Å². The smallest absolute Gasteiger partial charge is 0.305 e. The van der Waals surface area contributed by atoms with Gasteiger partial charge < -0.3 is 10.1 Å². The predicted molar refractivity (Wildman–Crippen MR) is 50.4 cm³/mol. The summed E-state index contributed by atoms with van der Waals surface area (Å²) in [6.45, 7) is 0. The van der Waals surface area contributed by atoms with Crippen molar-refractivity contribution in [1.82, 2.24) is 5.32 Å². The lowest BCUT2D eigenvalue weighted by Crippen LogP contribution is -2.46. The topological polar surface area (TPSA) is 72.5 Å². The van der Waals surface area contributed by atoms with Gasteiger partial charge in [0.2, 0.25) is 5.91 Å². The van der Waals surface area contributed by atoms with E-state index < -0.39 is 5.97 Å². The van der Waals surface area contributed by atoms with Crippen molar-refractivity contribution in [2.45, 2.75) is 24.6 Å². The third-order valence-electron chi connectivity index (χ3n) is 1.73. The van der Waals surface area contributed by atoms with Crippen LogP contribution >= 0.6 is 11.8 Å². The van der Waals surface area contributed by atoms with Crippen molar-refractivity contribution in [3.8, 4) is 0 Å². The van der Waals surface area contributed by atoms with Gasteiger partial charge in [0, 0.05) is 6.42 Å². The zero-order chi connectivity index (χ0) is 10.6. The molecule has 1 unspecified atom stereocenters. The largest absolute Gasteiger partial charge is 0.469 e. The molecule has 1 atom stereocenters. The molecule has 1 aliphatic heterocycles. The molecule has 1 N–H and O–H groups in total. The van der Waals surface area contributed by atoms with E-state index in [9.17, 15) is 14.4 Å². The van der Waals surface area contributed by atoms with Gasteiger partial charge in [0.25, 0.3) is 0 Å². The summed E-state index contributed by atoms with van der Waals surface area (Å²) in [6.07, 6.45) is 0.640. The Kier molecular flexibility index (Phi) is 3.94. The van der Waals surface area contributed by atoms with Gasteiger partial charge in [-0.2, -0.15) is 0 Å². The second-order valence-electron chi connectivity index (χ2n) is 2.83. The van der Waals surface area contributed by atoms with Crippen LogP contribution in [-0.4, -0.2) is 29.5 Å². The van der Waals surface area contributed by atoms with Gasteiger partial charge in [0.05, 0.1) is 25.3 Å². The van der Waals surface area contributed by atoms with E-state index in [2.05, 4.69) is 10.1 Å². The zero-order valence-corrected chi connectivity index (χ0v) is 8.56. The highest BCUT2D eigenvalue weighted by atomic mass is 32.2. The number of ether oxygens (including phenoxy) is 1. The highest BCUT2D eigenvalue weighted by Gasteiger charge is 2.27. The minimum Gasteiger partial charge on any atom is -0.469 e. The molecule has 0 aliphatic carbocycles. The lowest BCUT2D eigenvalue weighted by molar-refractivity contribution is -0.141. The van der Waals surface area contributed by atoms with E-state index in [4.69, 9.17) is 0 Å². The van der Waals surface area contributed by atoms with E-state index in [1.54, 1.807) is 0 Å². The summed E-state index contributed by atoms with van der Waals surface area (Å²) in [4.78, 5) is 32.4. The molecular weight excluding hydrogens is 206 g/mol. The van der Waals surface area contributed by atoms with Gasteiger partial charge in [-0.25, -0.2) is 0 Å². The number of esters is 1. The van der Waals surface area contributed by atoms with Crippen LogP contribution in [0.1, 0.15) is 19.3 Å². The van der Waals surface area contributed by atoms with Crippen molar-refractivity contribution in [3.63, 3.8) is 0 Å². The molecule has 78 valence electrons. The first kappa shape index (κ1) is 11.0. The predicted octanol–water partition coefficient (Wildman–Crippen LogP) is 0.0454. The molecule has 14 heavy (non-hydrogen) atoms. The minimum absolute atomic E-state index is 0.0386. The fraction of sp³-hybridized carbons (Fsp3) is 0.625. The molecule has 1 aliphatic rings. The van der Waals surface area contributed by atoms with Crippen molar-refractivity contribution in [2.75, 3.05) is 7.11 Å². The van der Waals surface area contributed by atoms with Crippen LogP contribution in [0.4, 0.5) is 0 Å². The Hall–Kier alpha value is -1.04. The fourth-order valence-electron chi connectivity index (χ4n) is 0.922. The SMILES string of the molecule is COC(=O)CCC(=O)SC1CC(=O)N1. The summed E-state index contributed by atoms with van der Waals surface area (Å²) in [5, 5.41) is 2.36. The minimum atomic E-state index is -0.392. The number of thioether (sulfide) groups is 1. The molecule has 0 aromatic carbocycles. The van der Waals surface area contributed by atoms with Crippen molar-refractivity contribution in [1.29, 1.82) is 0 Å². The third-order valence-corrected chi connectivity index (χ3v) is 2.76. The van der Waals surface area contributed by atoms with Gasteiger partial charge in [0.15, 0.2) is 5.12 Å². The van der Waals surface area contributed by atoms with Gasteiger partial charge in [-0.1, -0.05) is 11.8 Å². The number of carbonyl (C=O) groups excluding carboxylic acids is 3. The molecule has 0 radical (unpaired) electrons. The van der Waals surface area contributed by atoms with Gasteiger partial charge in [-0.15, -0.1) is 0 Å². The normalized spacial score (nSPS) is 19.5. The fourth-order valence-corrected chi connectivity index (χ4v) is 1.88. The van der Waals surface area contributed by atoms with Crippen LogP contribution in [0.15, 0.2) is 0 Å². The van der Waals surface area contributed by atoms with Crippen LogP contribution in [0.3, 0.4) is 0 Å². The highest BCUT2D eigenvalue weighted by molar-refractivity contribution is 8.14. The molecule has 0 saturated carbocycles. The molecule has 0 bridgehead atoms. The number of nitrogens with one attached hydrogen (secondary N) is 1. The first-order chi connectivity index (χ1) is 6.61. The van der Waals surface area contributed by atoms with E-state index in [-0.39, 0.29) is 29.2 Å². The molecule has 1 amide bonds. The number of β-lactam (4-membered cyclic amide) rings is 1. The first-order valence-electron chi connectivity index (χ1n) is 4.17. The van der Waals surface area contributed by atoms with Crippen molar-refractivity contribution in [3.05, 3.63) is 0 Å². The maximum atomic E-state index is 11.2. The van der Waals surface area contributed by atoms with Gasteiger partial charge in [-0.3, -0.25) is 14.4 Å². The summed E-state index contributed by atoms with van der Waals surface area (Å²) >= 11 is 1.06. The Morgan fingerprint density at radius 3 is 2.71 bits per heavy atom. The Morgan fingerprint density at radius 2 is 2.21 bits per heavy atom. The summed E-state index contributed by atoms with van der Waals surface area (Å²) in [5.74, 6) is -0.431. The second kappa shape index (κ2) is 4.99. The lowest BCUT2D eigenvalue weighted by Gasteiger charge is -2.24. The van der Waals surface area contributed by atoms with Crippen LogP contribution in [0.5, 0.6) is 0 Å². The van der Waals surface area contributed by atoms with Crippen LogP contribution in [0.25, 0.3) is 0 Å². The van der Waals surface area contributed by atoms with E-state index >= 15 is 0 Å². The molecule has 1 saturated heterocycles. The average molecular weight is 217 g/mol. The van der Waals surface area contributed by atoms with E-state index in [1.165, 1.54) is 7.11 Å². The molecular formula is C8H11NO4S. The van der Waals surface area contributed by atoms with Crippen LogP contribution in [0.2, 0.25) is 0 Å². The number of hydrogen-bond donors (Lipinski definition) is 1. The maximum absolute atomic E-state index is 11.2. The monoisotopic (exact) mass is 217 g/mol. The summed E-state index contributed by atoms with van der Waals surface area (Å²) in [5.41, 5.74) is 0. The quantitative estimate of drug-likeness (QED) is 0.532. The van der Waals surface area contributed by atoms with Gasteiger partial charge >= 0.3 is 5.97 Å². The molecule has 1 heterocycles. The molecule has 1 fully saturated rings. The van der Waals surface area contributed by atoms with Gasteiger partial charge in [-0.05, 0) is 0 Å². The second-order valence-corrected chi connectivity index (χ2v) is 4.09. The van der Waals surface area contributed by atoms with Crippen LogP contribution < -0.4 is 5.32 Å². The summed E-state index contributed by atoms with van der Waals surface area (Å²) < 4.78 is 4.39. The number of methoxy groups -OCH3 is 1. The Balaban J connectivity index is 2.10. The first-order valence-corrected chi connectivity index (χ1v) is 5.05. The molecule has 0 spiro atoms. The summed E-state index contributed by atoms with van der Waals surface area (Å²) in [7, 11) is 1.28. The summed E-state index contributed by atoms with van der Waals surface area (Å²) in [6, 6.07) is 0. The Morgan fingerprint density at radius 1 is 1.57 bits per heavy atom. The lowest BCUT2D eigenvalue weighted by atomic mass is 10.3. The standard InChI is InChI=1S/C8H11NO4S/c1-13-7(11)2-3-8(12)14-6-4-5(10)9-6/h6H,2-4H2,1H3,(H,9,10). The molecule has 1 rings (SSSR count). The molecule has 5 nitrogen and oxygen atoms in total. The average Bonchev–Trinajstić information content (AvgIpc) is 2.11. The number of carbonyl (C=O) groups is 3. The van der Waals surface area contributed by atoms with E-state index in [0.717, 1.165) is 11.8 Å². The number of rotatable bonds is 4. The molecule has 0 aromatic heterocycles. The zero-order valence-electron chi connectivity index (χ0n) is 7.74. The van der Waals surface area contributed by atoms with E-state index in [0.29, 0.717) is 6.42 Å².